The molecule has 148 valence electrons. The van der Waals surface area contributed by atoms with E-state index in [9.17, 15) is 4.79 Å². The number of rotatable bonds is 6. The fourth-order valence-electron chi connectivity index (χ4n) is 2.51. The monoisotopic (exact) mass is 482 g/mol. The molecular formula is C21H31IN4O. The quantitative estimate of drug-likeness (QED) is 0.374. The van der Waals surface area contributed by atoms with Gasteiger partial charge in [-0.25, -0.2) is 4.99 Å². The maximum Gasteiger partial charge on any atom is 0.243 e. The third-order valence-electron chi connectivity index (χ3n) is 4.18. The number of hydrogen-bond acceptors (Lipinski definition) is 2. The lowest BCUT2D eigenvalue weighted by Crippen LogP contribution is -2.41. The molecule has 0 aromatic heterocycles. The SMILES string of the molecule is CC(C)CNC(=NCC(=O)N(C)C)NC(C)c1ccc2ccccc2c1.I. The highest BCUT2D eigenvalue weighted by molar-refractivity contribution is 14.0. The predicted molar refractivity (Wildman–Crippen MR) is 125 cm³/mol. The number of benzene rings is 2. The lowest BCUT2D eigenvalue weighted by Gasteiger charge is -2.20. The summed E-state index contributed by atoms with van der Waals surface area (Å²) in [5.74, 6) is 1.13. The Labute approximate surface area is 179 Å². The zero-order chi connectivity index (χ0) is 19.1. The number of fused-ring (bicyclic) bond motifs is 1. The van der Waals surface area contributed by atoms with Crippen molar-refractivity contribution in [3.63, 3.8) is 0 Å². The van der Waals surface area contributed by atoms with Gasteiger partial charge < -0.3 is 15.5 Å². The number of likely N-dealkylation sites (N-methyl/N-ethyl adjacent to an activating group) is 1. The van der Waals surface area contributed by atoms with Crippen LogP contribution in [-0.4, -0.2) is 44.0 Å². The van der Waals surface area contributed by atoms with E-state index in [2.05, 4.69) is 66.7 Å². The summed E-state index contributed by atoms with van der Waals surface area (Å²) in [6, 6.07) is 14.9. The molecule has 0 fully saturated rings. The van der Waals surface area contributed by atoms with E-state index in [-0.39, 0.29) is 42.5 Å². The Kier molecular flexibility index (Phi) is 9.55. The summed E-state index contributed by atoms with van der Waals surface area (Å²) in [5.41, 5.74) is 1.18. The molecule has 0 saturated heterocycles. The van der Waals surface area contributed by atoms with Crippen LogP contribution in [0.15, 0.2) is 47.5 Å². The van der Waals surface area contributed by atoms with Crippen LogP contribution in [-0.2, 0) is 4.79 Å². The molecule has 1 atom stereocenters. The van der Waals surface area contributed by atoms with Crippen LogP contribution in [0.4, 0.5) is 0 Å². The molecule has 0 aliphatic carbocycles. The van der Waals surface area contributed by atoms with Crippen molar-refractivity contribution >= 4 is 46.6 Å². The molecule has 0 aliphatic rings. The highest BCUT2D eigenvalue weighted by Gasteiger charge is 2.10. The molecule has 5 nitrogen and oxygen atoms in total. The Hall–Kier alpha value is -1.83. The van der Waals surface area contributed by atoms with E-state index in [0.29, 0.717) is 11.9 Å². The van der Waals surface area contributed by atoms with Gasteiger partial charge in [-0.1, -0.05) is 50.2 Å². The van der Waals surface area contributed by atoms with Crippen LogP contribution in [0.5, 0.6) is 0 Å². The second-order valence-corrected chi connectivity index (χ2v) is 7.20. The van der Waals surface area contributed by atoms with Gasteiger partial charge in [-0.3, -0.25) is 4.79 Å². The summed E-state index contributed by atoms with van der Waals surface area (Å²) >= 11 is 0. The minimum Gasteiger partial charge on any atom is -0.356 e. The standard InChI is InChI=1S/C21H30N4O.HI/c1-15(2)13-22-21(23-14-20(26)25(4)5)24-16(3)18-11-10-17-8-6-7-9-19(17)12-18;/h6-12,15-16H,13-14H2,1-5H3,(H2,22,23,24);1H. The topological polar surface area (TPSA) is 56.7 Å². The molecule has 2 N–H and O–H groups in total. The van der Waals surface area contributed by atoms with Crippen molar-refractivity contribution in [3.05, 3.63) is 48.0 Å². The van der Waals surface area contributed by atoms with Crippen LogP contribution >= 0.6 is 24.0 Å². The molecule has 0 spiro atoms. The normalized spacial score (nSPS) is 12.4. The molecule has 27 heavy (non-hydrogen) atoms. The van der Waals surface area contributed by atoms with Crippen molar-refractivity contribution in [2.45, 2.75) is 26.8 Å². The summed E-state index contributed by atoms with van der Waals surface area (Å²) in [6.45, 7) is 7.31. The number of nitrogens with one attached hydrogen (secondary N) is 2. The fourth-order valence-corrected chi connectivity index (χ4v) is 2.51. The van der Waals surface area contributed by atoms with Gasteiger partial charge >= 0.3 is 0 Å². The largest absolute Gasteiger partial charge is 0.356 e. The number of carbonyl (C=O) groups is 1. The van der Waals surface area contributed by atoms with E-state index < -0.39 is 0 Å². The summed E-state index contributed by atoms with van der Waals surface area (Å²) in [7, 11) is 3.48. The van der Waals surface area contributed by atoms with Gasteiger partial charge in [0.05, 0.1) is 6.04 Å². The zero-order valence-electron chi connectivity index (χ0n) is 16.8. The number of amides is 1. The maximum absolute atomic E-state index is 11.9. The number of nitrogens with zero attached hydrogens (tertiary/aromatic N) is 2. The molecule has 2 aromatic carbocycles. The molecular weight excluding hydrogens is 451 g/mol. The van der Waals surface area contributed by atoms with Crippen LogP contribution in [0.1, 0.15) is 32.4 Å². The molecule has 6 heteroatoms. The molecule has 0 bridgehead atoms. The number of carbonyl (C=O) groups excluding carboxylic acids is 1. The summed E-state index contributed by atoms with van der Waals surface area (Å²) in [5, 5.41) is 9.18. The van der Waals surface area contributed by atoms with Crippen molar-refractivity contribution in [1.82, 2.24) is 15.5 Å². The van der Waals surface area contributed by atoms with Crippen molar-refractivity contribution in [2.75, 3.05) is 27.2 Å². The van der Waals surface area contributed by atoms with E-state index in [1.165, 1.54) is 16.3 Å². The molecule has 1 unspecified atom stereocenters. The third kappa shape index (κ3) is 7.36. The van der Waals surface area contributed by atoms with E-state index in [0.717, 1.165) is 6.54 Å². The molecule has 2 rings (SSSR count). The number of aliphatic imine (C=N–C) groups is 1. The van der Waals surface area contributed by atoms with Gasteiger partial charge in [-0.05, 0) is 35.2 Å². The first kappa shape index (κ1) is 23.2. The average Bonchev–Trinajstić information content (AvgIpc) is 2.62. The third-order valence-corrected chi connectivity index (χ3v) is 4.18. The van der Waals surface area contributed by atoms with Gasteiger partial charge in [0.25, 0.3) is 0 Å². The molecule has 0 aliphatic heterocycles. The molecule has 0 heterocycles. The lowest BCUT2D eigenvalue weighted by atomic mass is 10.0. The first-order valence-electron chi connectivity index (χ1n) is 9.10. The Bertz CT molecular complexity index is 774. The second-order valence-electron chi connectivity index (χ2n) is 7.20. The zero-order valence-corrected chi connectivity index (χ0v) is 19.2. The van der Waals surface area contributed by atoms with Crippen LogP contribution in [0.3, 0.4) is 0 Å². The van der Waals surface area contributed by atoms with Crippen LogP contribution in [0.25, 0.3) is 10.8 Å². The maximum atomic E-state index is 11.9. The number of hydrogen-bond donors (Lipinski definition) is 2. The lowest BCUT2D eigenvalue weighted by molar-refractivity contribution is -0.127. The van der Waals surface area contributed by atoms with Gasteiger partial charge in [0, 0.05) is 20.6 Å². The summed E-state index contributed by atoms with van der Waals surface area (Å²) < 4.78 is 0. The van der Waals surface area contributed by atoms with Gasteiger partial charge in [0.15, 0.2) is 5.96 Å². The molecule has 1 amide bonds. The molecule has 2 aromatic rings. The fraction of sp³-hybridized carbons (Fsp3) is 0.429. The van der Waals surface area contributed by atoms with Gasteiger partial charge in [0.2, 0.25) is 5.91 Å². The minimum absolute atomic E-state index is 0. The van der Waals surface area contributed by atoms with Gasteiger partial charge in [-0.15, -0.1) is 24.0 Å². The van der Waals surface area contributed by atoms with Crippen molar-refractivity contribution in [3.8, 4) is 0 Å². The van der Waals surface area contributed by atoms with E-state index in [1.807, 2.05) is 12.1 Å². The van der Waals surface area contributed by atoms with Crippen LogP contribution in [0, 0.1) is 5.92 Å². The Balaban J connectivity index is 0.00000364. The minimum atomic E-state index is -0.0194. The van der Waals surface area contributed by atoms with E-state index in [1.54, 1.807) is 19.0 Å². The van der Waals surface area contributed by atoms with Crippen molar-refractivity contribution in [2.24, 2.45) is 10.9 Å². The van der Waals surface area contributed by atoms with E-state index >= 15 is 0 Å². The van der Waals surface area contributed by atoms with Crippen LogP contribution < -0.4 is 10.6 Å². The number of halogens is 1. The Morgan fingerprint density at radius 1 is 1.07 bits per heavy atom. The first-order chi connectivity index (χ1) is 12.4. The highest BCUT2D eigenvalue weighted by Crippen LogP contribution is 2.20. The van der Waals surface area contributed by atoms with Gasteiger partial charge in [0.1, 0.15) is 6.54 Å². The predicted octanol–water partition coefficient (Wildman–Crippen LogP) is 3.80. The van der Waals surface area contributed by atoms with Gasteiger partial charge in [-0.2, -0.15) is 0 Å². The van der Waals surface area contributed by atoms with Crippen molar-refractivity contribution in [1.29, 1.82) is 0 Å². The van der Waals surface area contributed by atoms with Crippen LogP contribution in [0.2, 0.25) is 0 Å². The Morgan fingerprint density at radius 2 is 1.74 bits per heavy atom. The van der Waals surface area contributed by atoms with E-state index in [4.69, 9.17) is 0 Å². The summed E-state index contributed by atoms with van der Waals surface area (Å²) in [6.07, 6.45) is 0. The second kappa shape index (κ2) is 11.1. The van der Waals surface area contributed by atoms with Crippen molar-refractivity contribution < 1.29 is 4.79 Å². The Morgan fingerprint density at radius 3 is 2.37 bits per heavy atom. The highest BCUT2D eigenvalue weighted by atomic mass is 127. The molecule has 0 saturated carbocycles. The average molecular weight is 482 g/mol. The summed E-state index contributed by atoms with van der Waals surface area (Å²) in [4.78, 5) is 17.9. The first-order valence-corrected chi connectivity index (χ1v) is 9.10. The smallest absolute Gasteiger partial charge is 0.243 e. The molecule has 0 radical (unpaired) electrons. The number of guanidine groups is 1.